The van der Waals surface area contributed by atoms with E-state index in [9.17, 15) is 9.59 Å². The molecule has 0 radical (unpaired) electrons. The van der Waals surface area contributed by atoms with Gasteiger partial charge in [-0.25, -0.2) is 9.13 Å². The molecule has 0 unspecified atom stereocenters. The Labute approximate surface area is 201 Å². The molecular formula is C23H20BrCl2N3O2. The fourth-order valence-electron chi connectivity index (χ4n) is 4.43. The number of imide groups is 1. The van der Waals surface area contributed by atoms with Crippen molar-refractivity contribution < 1.29 is 31.1 Å². The van der Waals surface area contributed by atoms with Gasteiger partial charge in [-0.2, -0.15) is 0 Å². The molecule has 0 atom stereocenters. The molecule has 0 fully saturated rings. The molecule has 31 heavy (non-hydrogen) atoms. The van der Waals surface area contributed by atoms with Crippen molar-refractivity contribution in [1.29, 1.82) is 0 Å². The van der Waals surface area contributed by atoms with E-state index in [2.05, 4.69) is 15.3 Å². The maximum absolute atomic E-state index is 12.6. The van der Waals surface area contributed by atoms with Crippen molar-refractivity contribution in [2.75, 3.05) is 6.54 Å². The van der Waals surface area contributed by atoms with Gasteiger partial charge < -0.3 is 17.0 Å². The van der Waals surface area contributed by atoms with E-state index in [0.29, 0.717) is 34.1 Å². The molecule has 2 aromatic carbocycles. The zero-order chi connectivity index (χ0) is 20.8. The Morgan fingerprint density at radius 2 is 1.68 bits per heavy atom. The highest BCUT2D eigenvalue weighted by Gasteiger charge is 2.35. The lowest BCUT2D eigenvalue weighted by molar-refractivity contribution is -0.703. The number of hydrogen-bond acceptors (Lipinski definition) is 2. The van der Waals surface area contributed by atoms with E-state index in [-0.39, 0.29) is 28.8 Å². The molecule has 2 aliphatic rings. The summed E-state index contributed by atoms with van der Waals surface area (Å²) in [5.74, 6) is 0.872. The van der Waals surface area contributed by atoms with Crippen LogP contribution in [0.5, 0.6) is 0 Å². The monoisotopic (exact) mass is 519 g/mol. The summed E-state index contributed by atoms with van der Waals surface area (Å²) < 4.78 is 4.56. The number of rotatable bonds is 5. The van der Waals surface area contributed by atoms with Gasteiger partial charge in [0.05, 0.1) is 40.7 Å². The number of carbonyl (C=O) groups is 2. The third-order valence-corrected chi connectivity index (χ3v) is 6.61. The molecule has 0 bridgehead atoms. The van der Waals surface area contributed by atoms with E-state index >= 15 is 0 Å². The number of carbonyl (C=O) groups excluding carboxylic acids is 2. The number of imidazole rings is 1. The van der Waals surface area contributed by atoms with Crippen LogP contribution in [-0.2, 0) is 19.5 Å². The molecule has 1 aromatic heterocycles. The Morgan fingerprint density at radius 3 is 2.35 bits per heavy atom. The van der Waals surface area contributed by atoms with Gasteiger partial charge in [0, 0.05) is 18.5 Å². The summed E-state index contributed by atoms with van der Waals surface area (Å²) in [6.45, 7) is 2.12. The van der Waals surface area contributed by atoms with Gasteiger partial charge in [0.25, 0.3) is 17.6 Å². The Balaban J connectivity index is 0.00000231. The van der Waals surface area contributed by atoms with Gasteiger partial charge in [-0.05, 0) is 36.8 Å². The molecule has 8 heteroatoms. The van der Waals surface area contributed by atoms with Crippen LogP contribution in [0.15, 0.2) is 48.7 Å². The highest BCUT2D eigenvalue weighted by atomic mass is 79.9. The van der Waals surface area contributed by atoms with Crippen LogP contribution in [0.25, 0.3) is 11.3 Å². The van der Waals surface area contributed by atoms with E-state index < -0.39 is 0 Å². The predicted molar refractivity (Wildman–Crippen MR) is 115 cm³/mol. The van der Waals surface area contributed by atoms with Crippen LogP contribution in [-0.4, -0.2) is 27.8 Å². The minimum atomic E-state index is -0.195. The second-order valence-corrected chi connectivity index (χ2v) is 8.48. The third-order valence-electron chi connectivity index (χ3n) is 5.87. The molecule has 3 heterocycles. The van der Waals surface area contributed by atoms with Crippen molar-refractivity contribution in [2.24, 2.45) is 0 Å². The standard InChI is InChI=1S/C23H20Cl2N3O2.BrH/c24-18-9-8-15(13-19(18)25)20-14-26(21-7-3-11-27(20)21)10-4-12-28-22(29)16-5-1-2-6-17(16)23(28)30;/h1-2,5-6,8-9,13-14H,3-4,7,10-12H2;1H/q+1;/p-1. The molecule has 2 aliphatic heterocycles. The highest BCUT2D eigenvalue weighted by molar-refractivity contribution is 6.42. The summed E-state index contributed by atoms with van der Waals surface area (Å²) in [6, 6.07) is 12.7. The largest absolute Gasteiger partial charge is 1.00 e. The lowest BCUT2D eigenvalue weighted by atomic mass is 10.1. The lowest BCUT2D eigenvalue weighted by Gasteiger charge is -2.12. The van der Waals surface area contributed by atoms with Crippen molar-refractivity contribution in [2.45, 2.75) is 32.4 Å². The van der Waals surface area contributed by atoms with Gasteiger partial charge in [0.2, 0.25) is 0 Å². The minimum absolute atomic E-state index is 0. The molecule has 160 valence electrons. The van der Waals surface area contributed by atoms with Gasteiger partial charge in [0.1, 0.15) is 6.20 Å². The summed E-state index contributed by atoms with van der Waals surface area (Å²) in [4.78, 5) is 26.5. The van der Waals surface area contributed by atoms with Crippen molar-refractivity contribution in [1.82, 2.24) is 9.47 Å². The van der Waals surface area contributed by atoms with Crippen molar-refractivity contribution in [3.05, 3.63) is 75.7 Å². The maximum atomic E-state index is 12.6. The second-order valence-electron chi connectivity index (χ2n) is 7.67. The van der Waals surface area contributed by atoms with Gasteiger partial charge in [-0.15, -0.1) is 0 Å². The molecule has 0 saturated carbocycles. The number of aryl methyl sites for hydroxylation is 1. The predicted octanol–water partition coefficient (Wildman–Crippen LogP) is 1.39. The molecular weight excluding hydrogens is 501 g/mol. The van der Waals surface area contributed by atoms with Crippen LogP contribution in [0.1, 0.15) is 39.4 Å². The normalized spacial score (nSPS) is 14.6. The number of fused-ring (bicyclic) bond motifs is 2. The first-order valence-corrected chi connectivity index (χ1v) is 10.8. The molecule has 0 spiro atoms. The second kappa shape index (κ2) is 8.77. The van der Waals surface area contributed by atoms with Gasteiger partial charge >= 0.3 is 0 Å². The average molecular weight is 521 g/mol. The van der Waals surface area contributed by atoms with Gasteiger partial charge in [0.15, 0.2) is 5.69 Å². The van der Waals surface area contributed by atoms with Crippen LogP contribution >= 0.6 is 23.2 Å². The van der Waals surface area contributed by atoms with E-state index in [1.54, 1.807) is 24.3 Å². The summed E-state index contributed by atoms with van der Waals surface area (Å²) in [5, 5.41) is 1.09. The van der Waals surface area contributed by atoms with Crippen LogP contribution in [0.2, 0.25) is 10.0 Å². The van der Waals surface area contributed by atoms with Crippen LogP contribution in [0.4, 0.5) is 0 Å². The Bertz CT molecular complexity index is 1160. The SMILES string of the molecule is O=C1c2ccccc2C(=O)N1CCC[n+]1cc(-c2ccc(Cl)c(Cl)c2)n2c1CCC2.[Br-]. The first-order valence-electron chi connectivity index (χ1n) is 10.1. The Morgan fingerprint density at radius 1 is 0.968 bits per heavy atom. The number of nitrogens with zero attached hydrogens (tertiary/aromatic N) is 3. The average Bonchev–Trinajstić information content (AvgIpc) is 3.41. The third kappa shape index (κ3) is 3.81. The molecule has 2 amide bonds. The van der Waals surface area contributed by atoms with Crippen molar-refractivity contribution in [3.63, 3.8) is 0 Å². The molecule has 0 N–H and O–H groups in total. The fraction of sp³-hybridized carbons (Fsp3) is 0.261. The van der Waals surface area contributed by atoms with Gasteiger partial charge in [-0.3, -0.25) is 14.5 Å². The molecule has 0 aliphatic carbocycles. The Kier molecular flexibility index (Phi) is 6.24. The molecule has 0 saturated heterocycles. The van der Waals surface area contributed by atoms with Crippen LogP contribution in [0.3, 0.4) is 0 Å². The fourth-order valence-corrected chi connectivity index (χ4v) is 4.73. The van der Waals surface area contributed by atoms with E-state index in [0.717, 1.165) is 37.2 Å². The number of aromatic nitrogens is 2. The molecule has 5 rings (SSSR count). The zero-order valence-corrected chi connectivity index (χ0v) is 19.8. The van der Waals surface area contributed by atoms with Crippen molar-refractivity contribution in [3.8, 4) is 11.3 Å². The first kappa shape index (κ1) is 22.1. The number of hydrogen-bond donors (Lipinski definition) is 0. The lowest BCUT2D eigenvalue weighted by Crippen LogP contribution is -3.00. The van der Waals surface area contributed by atoms with Crippen LogP contribution < -0.4 is 21.5 Å². The topological polar surface area (TPSA) is 46.2 Å². The maximum Gasteiger partial charge on any atom is 0.261 e. The van der Waals surface area contributed by atoms with Crippen LogP contribution in [0, 0.1) is 0 Å². The van der Waals surface area contributed by atoms with Crippen molar-refractivity contribution >= 4 is 35.0 Å². The summed E-state index contributed by atoms with van der Waals surface area (Å²) in [6.07, 6.45) is 4.95. The summed E-state index contributed by atoms with van der Waals surface area (Å²) in [7, 11) is 0. The number of amides is 2. The van der Waals surface area contributed by atoms with E-state index in [1.165, 1.54) is 10.7 Å². The minimum Gasteiger partial charge on any atom is -1.00 e. The smallest absolute Gasteiger partial charge is 0.261 e. The molecule has 3 aromatic rings. The highest BCUT2D eigenvalue weighted by Crippen LogP contribution is 2.30. The van der Waals surface area contributed by atoms with E-state index in [4.69, 9.17) is 23.2 Å². The summed E-state index contributed by atoms with van der Waals surface area (Å²) >= 11 is 12.3. The summed E-state index contributed by atoms with van der Waals surface area (Å²) in [5.41, 5.74) is 3.15. The van der Waals surface area contributed by atoms with E-state index in [1.807, 2.05) is 18.2 Å². The first-order chi connectivity index (χ1) is 14.5. The molecule has 5 nitrogen and oxygen atoms in total. The quantitative estimate of drug-likeness (QED) is 0.377. The Hall–Kier alpha value is -2.15. The zero-order valence-electron chi connectivity index (χ0n) is 16.7. The number of halogens is 3. The number of benzene rings is 2. The van der Waals surface area contributed by atoms with Gasteiger partial charge in [-0.1, -0.05) is 35.3 Å².